The van der Waals surface area contributed by atoms with Crippen molar-refractivity contribution in [3.05, 3.63) is 83.2 Å². The van der Waals surface area contributed by atoms with Crippen LogP contribution in [0.15, 0.2) is 54.7 Å². The van der Waals surface area contributed by atoms with E-state index >= 15 is 4.39 Å². The van der Waals surface area contributed by atoms with E-state index in [1.165, 1.54) is 16.5 Å². The first kappa shape index (κ1) is 59.1. The zero-order chi connectivity index (χ0) is 52.4. The number of nitrogens with one attached hydrogen (secondary N) is 4. The molecule has 3 rings (SSSR count). The Balaban J connectivity index is 0.00000216. The summed E-state index contributed by atoms with van der Waals surface area (Å²) >= 11 is 3.03. The van der Waals surface area contributed by atoms with Gasteiger partial charge in [-0.3, -0.25) is 24.0 Å². The molecule has 0 saturated heterocycles. The molecule has 1 aromatic heterocycles. The highest BCUT2D eigenvalue weighted by Crippen LogP contribution is 2.40. The number of unbranched alkanes of at least 4 members (excludes halogenated alkanes) is 1. The number of amides is 5. The van der Waals surface area contributed by atoms with Crippen molar-refractivity contribution in [3.63, 3.8) is 0 Å². The SMILES string of the molecule is CC(C)[C@H](NC(=O)CBr)C(=O)N[C@@H](C)C(=O)N[C@@H](CCCCNC(=O)[C@@H](N)CCN(C(=O)CO)[C@@H](c1nn(-c2cc(F)ccc2F)cc1Cc1ccccc1)C(C)(C)C)C(=O)O.O=C(O)C(F)(F)F. The number of carbonyl (C=O) groups is 7. The molecule has 0 aliphatic carbocycles. The quantitative estimate of drug-likeness (QED) is 0.0382. The van der Waals surface area contributed by atoms with Crippen LogP contribution in [-0.2, 0) is 40.0 Å². The van der Waals surface area contributed by atoms with Gasteiger partial charge in [0.25, 0.3) is 0 Å². The van der Waals surface area contributed by atoms with E-state index in [1.54, 1.807) is 20.0 Å². The van der Waals surface area contributed by atoms with Gasteiger partial charge in [-0.15, -0.1) is 0 Å². The largest absolute Gasteiger partial charge is 0.490 e. The number of aliphatic hydroxyl groups excluding tert-OH is 1. The molecule has 24 heteroatoms. The van der Waals surface area contributed by atoms with Gasteiger partial charge >= 0.3 is 18.1 Å². The van der Waals surface area contributed by atoms with Crippen molar-refractivity contribution in [1.29, 1.82) is 0 Å². The van der Waals surface area contributed by atoms with Crippen molar-refractivity contribution in [2.75, 3.05) is 25.0 Å². The van der Waals surface area contributed by atoms with Gasteiger partial charge in [0.05, 0.1) is 23.1 Å². The summed E-state index contributed by atoms with van der Waals surface area (Å²) in [5.74, 6) is -8.66. The van der Waals surface area contributed by atoms with Gasteiger partial charge in [-0.2, -0.15) is 18.3 Å². The molecule has 2 aromatic carbocycles. The molecule has 0 aliphatic rings. The third-order valence-corrected chi connectivity index (χ3v) is 10.8. The van der Waals surface area contributed by atoms with Crippen LogP contribution in [0.5, 0.6) is 0 Å². The maximum Gasteiger partial charge on any atom is 0.490 e. The molecule has 0 fully saturated rings. The number of aromatic nitrogens is 2. The molecule has 0 saturated carbocycles. The van der Waals surface area contributed by atoms with Gasteiger partial charge in [0.2, 0.25) is 29.5 Å². The summed E-state index contributed by atoms with van der Waals surface area (Å²) in [6.45, 7) is 9.63. The molecule has 0 bridgehead atoms. The molecular formula is C45H60BrF5N8O10. The number of nitrogens with two attached hydrogens (primary N) is 1. The van der Waals surface area contributed by atoms with Gasteiger partial charge in [0.15, 0.2) is 0 Å². The van der Waals surface area contributed by atoms with Crippen molar-refractivity contribution >= 4 is 57.4 Å². The fourth-order valence-electron chi connectivity index (χ4n) is 6.80. The Hall–Kier alpha value is -6.01. The Morgan fingerprint density at radius 2 is 1.49 bits per heavy atom. The zero-order valence-electron chi connectivity index (χ0n) is 38.9. The van der Waals surface area contributed by atoms with Crippen LogP contribution >= 0.6 is 15.9 Å². The maximum absolute atomic E-state index is 15.0. The lowest BCUT2D eigenvalue weighted by molar-refractivity contribution is -0.192. The van der Waals surface area contributed by atoms with Crippen molar-refractivity contribution in [3.8, 4) is 5.69 Å². The van der Waals surface area contributed by atoms with E-state index in [9.17, 15) is 56.5 Å². The number of hydrogen-bond donors (Lipinski definition) is 8. The third-order valence-electron chi connectivity index (χ3n) is 10.3. The highest BCUT2D eigenvalue weighted by Gasteiger charge is 2.39. The second-order valence-corrected chi connectivity index (χ2v) is 17.9. The molecule has 382 valence electrons. The van der Waals surface area contributed by atoms with Crippen LogP contribution in [0.1, 0.15) is 90.1 Å². The molecule has 69 heavy (non-hydrogen) atoms. The number of carboxylic acid groups (broad SMARTS) is 2. The number of carbonyl (C=O) groups excluding carboxylic acids is 5. The van der Waals surface area contributed by atoms with Crippen LogP contribution in [0.3, 0.4) is 0 Å². The molecule has 1 heterocycles. The van der Waals surface area contributed by atoms with E-state index in [4.69, 9.17) is 20.7 Å². The summed E-state index contributed by atoms with van der Waals surface area (Å²) in [7, 11) is 0. The molecular weight excluding hydrogens is 987 g/mol. The first-order chi connectivity index (χ1) is 32.1. The number of rotatable bonds is 23. The normalized spacial score (nSPS) is 13.7. The molecule has 0 spiro atoms. The lowest BCUT2D eigenvalue weighted by Gasteiger charge is -2.40. The molecule has 18 nitrogen and oxygen atoms in total. The number of carboxylic acids is 2. The Morgan fingerprint density at radius 1 is 0.870 bits per heavy atom. The van der Waals surface area contributed by atoms with Gasteiger partial charge in [0.1, 0.15) is 42.1 Å². The van der Waals surface area contributed by atoms with Gasteiger partial charge in [-0.25, -0.2) is 23.1 Å². The monoisotopic (exact) mass is 1050 g/mol. The number of halogens is 6. The number of alkyl halides is 4. The summed E-state index contributed by atoms with van der Waals surface area (Å²) in [6.07, 6.45) is -2.57. The standard InChI is InChI=1S/C43H59BrF2N8O8.C2HF3O2/c1-25(2)36(51-34(56)22-44)41(60)49-26(3)39(58)50-32(42(61)62)14-10-11-18-48-40(59)31(47)17-19-53(35(57)24-55)38(43(4,5)6)37-28(20-27-12-8-7-9-13-27)23-54(52-37)33-21-29(45)15-16-30(33)46;3-2(4,5)1(6)7/h7-9,12-13,15-16,21,23,25-26,31-32,36,38,55H,10-11,14,17-20,22,24,47H2,1-6H3,(H,48,59)(H,49,60)(H,50,58)(H,51,56)(H,61,62);(H,6,7)/t26-,31-,32-,36-,38-;/m0./s1. The molecule has 9 N–H and O–H groups in total. The van der Waals surface area contributed by atoms with Crippen molar-refractivity contribution in [1.82, 2.24) is 35.9 Å². The van der Waals surface area contributed by atoms with Gasteiger partial charge < -0.3 is 47.2 Å². The maximum atomic E-state index is 15.0. The van der Waals surface area contributed by atoms with Crippen LogP contribution in [0, 0.1) is 23.0 Å². The second kappa shape index (κ2) is 27.2. The summed E-state index contributed by atoms with van der Waals surface area (Å²) in [4.78, 5) is 86.3. The Morgan fingerprint density at radius 3 is 2.03 bits per heavy atom. The predicted octanol–water partition coefficient (Wildman–Crippen LogP) is 3.90. The summed E-state index contributed by atoms with van der Waals surface area (Å²) in [6, 6.07) is 7.19. The predicted molar refractivity (Wildman–Crippen MR) is 245 cm³/mol. The first-order valence-electron chi connectivity index (χ1n) is 21.6. The molecule has 0 unspecified atom stereocenters. The van der Waals surface area contributed by atoms with Crippen molar-refractivity contribution < 1.29 is 70.8 Å². The lowest BCUT2D eigenvalue weighted by atomic mass is 9.81. The van der Waals surface area contributed by atoms with Crippen LogP contribution in [0.25, 0.3) is 5.69 Å². The molecule has 5 amide bonds. The van der Waals surface area contributed by atoms with Crippen LogP contribution < -0.4 is 27.0 Å². The number of aliphatic carboxylic acids is 2. The van der Waals surface area contributed by atoms with Crippen LogP contribution in [-0.4, -0.2) is 127 Å². The number of benzene rings is 2. The van der Waals surface area contributed by atoms with Crippen LogP contribution in [0.2, 0.25) is 0 Å². The fourth-order valence-corrected chi connectivity index (χ4v) is 6.96. The Kier molecular flexibility index (Phi) is 23.3. The van der Waals surface area contributed by atoms with Gasteiger partial charge in [-0.05, 0) is 61.6 Å². The van der Waals surface area contributed by atoms with Gasteiger partial charge in [0, 0.05) is 37.3 Å². The van der Waals surface area contributed by atoms with Crippen molar-refractivity contribution in [2.45, 2.75) is 110 Å². The summed E-state index contributed by atoms with van der Waals surface area (Å²) in [5.41, 5.74) is 7.33. The minimum absolute atomic E-state index is 0.0138. The van der Waals surface area contributed by atoms with E-state index in [1.807, 2.05) is 51.1 Å². The molecule has 3 aromatic rings. The zero-order valence-corrected chi connectivity index (χ0v) is 40.5. The van der Waals surface area contributed by atoms with Gasteiger partial charge in [-0.1, -0.05) is 80.9 Å². The minimum Gasteiger partial charge on any atom is -0.480 e. The third kappa shape index (κ3) is 19.1. The highest BCUT2D eigenvalue weighted by molar-refractivity contribution is 9.09. The Bertz CT molecular complexity index is 2230. The summed E-state index contributed by atoms with van der Waals surface area (Å²) < 4.78 is 62.3. The smallest absolute Gasteiger partial charge is 0.480 e. The first-order valence-corrected chi connectivity index (χ1v) is 22.7. The average molecular weight is 1050 g/mol. The lowest BCUT2D eigenvalue weighted by Crippen LogP contribution is -2.56. The highest BCUT2D eigenvalue weighted by atomic mass is 79.9. The second-order valence-electron chi connectivity index (χ2n) is 17.3. The van der Waals surface area contributed by atoms with E-state index < -0.39 is 102 Å². The number of nitrogens with zero attached hydrogens (tertiary/aromatic N) is 3. The summed E-state index contributed by atoms with van der Waals surface area (Å²) in [5, 5.41) is 41.9. The molecule has 0 aliphatic heterocycles. The van der Waals surface area contributed by atoms with Crippen molar-refractivity contribution in [2.24, 2.45) is 17.1 Å². The Labute approximate surface area is 404 Å². The average Bonchev–Trinajstić information content (AvgIpc) is 3.67. The number of aliphatic hydroxyl groups is 1. The van der Waals surface area contributed by atoms with E-state index in [0.717, 1.165) is 23.8 Å². The van der Waals surface area contributed by atoms with Crippen LogP contribution in [0.4, 0.5) is 22.0 Å². The van der Waals surface area contributed by atoms with E-state index in [-0.39, 0.29) is 49.3 Å². The molecule has 5 atom stereocenters. The topological polar surface area (TPSA) is 275 Å². The fraction of sp³-hybridized carbons (Fsp3) is 0.511. The van der Waals surface area contributed by atoms with E-state index in [2.05, 4.69) is 37.2 Å². The number of hydrogen-bond acceptors (Lipinski definition) is 10. The molecule has 0 radical (unpaired) electrons. The van der Waals surface area contributed by atoms with E-state index in [0.29, 0.717) is 24.1 Å². The minimum atomic E-state index is -5.08.